The van der Waals surface area contributed by atoms with Crippen LogP contribution in [0.4, 0.5) is 15.3 Å². The number of fused-ring (bicyclic) bond motifs is 6. The standard InChI is InChI=1S/C69H97N7O19/c1-36(2)58(75-55(79)12-8-7-9-26-76-56(80)21-22-57(76)81)66(83)74-48(11-10-25-71-67(70)84)65(82)73-41-15-13-40(14-16-41)35-87-68(85)72-34-43(78)31-53-59(86-6)47-30-42(77)29-45-18-20-50-60(90-45)64-63-62(92-50)61-54(93-63)33-69(94-61,95-64)24-23-46-28-38(4)49(88-46)19-17-44-27-37(3)39(5)51(89-44)32-52(47)91-53/h13-16,21-22,36-37,43-54,58-64,78H,4-5,7-12,17-20,23-35H2,1-3,6H3,(H,72,85)(H,73,82)(H,74,83)(H,75,79)(H3,70,71,84)/t37-,43+,44+,45-,46+,47+,48+,49+,50+,51-,52+,53-,54-,58+,59-,60+,61+,62+,63-,64+,69+/m1/s1. The van der Waals surface area contributed by atoms with Crippen molar-refractivity contribution in [3.8, 4) is 0 Å². The number of amides is 8. The summed E-state index contributed by atoms with van der Waals surface area (Å²) < 4.78 is 66.3. The fourth-order valence-corrected chi connectivity index (χ4v) is 15.8. The molecule has 10 fully saturated rings. The molecule has 0 aromatic heterocycles. The normalized spacial score (nSPS) is 35.1. The summed E-state index contributed by atoms with van der Waals surface area (Å²) in [4.78, 5) is 104. The van der Waals surface area contributed by atoms with Gasteiger partial charge in [-0.15, -0.1) is 0 Å². The molecular weight excluding hydrogens is 1230 g/mol. The maximum absolute atomic E-state index is 14.5. The van der Waals surface area contributed by atoms with Gasteiger partial charge in [-0.3, -0.25) is 33.7 Å². The van der Waals surface area contributed by atoms with E-state index >= 15 is 0 Å². The lowest BCUT2D eigenvalue weighted by molar-refractivity contribution is -0.292. The molecule has 8 amide bonds. The molecule has 21 atom stereocenters. The van der Waals surface area contributed by atoms with E-state index in [-0.39, 0.29) is 161 Å². The van der Waals surface area contributed by atoms with Gasteiger partial charge >= 0.3 is 12.1 Å². The zero-order valence-electron chi connectivity index (χ0n) is 55.1. The van der Waals surface area contributed by atoms with Gasteiger partial charge in [0.25, 0.3) is 11.8 Å². The summed E-state index contributed by atoms with van der Waals surface area (Å²) in [5.74, 6) is -3.73. The van der Waals surface area contributed by atoms with Crippen LogP contribution in [0.15, 0.2) is 60.7 Å². The smallest absolute Gasteiger partial charge is 0.407 e. The molecule has 522 valence electrons. The number of rotatable bonds is 23. The number of carbonyl (C=O) groups is 8. The Labute approximate surface area is 554 Å². The lowest BCUT2D eigenvalue weighted by Gasteiger charge is -2.47. The molecule has 10 saturated heterocycles. The molecule has 11 heterocycles. The molecule has 95 heavy (non-hydrogen) atoms. The predicted molar refractivity (Wildman–Crippen MR) is 340 cm³/mol. The van der Waals surface area contributed by atoms with Crippen LogP contribution in [0.1, 0.15) is 148 Å². The van der Waals surface area contributed by atoms with Gasteiger partial charge in [-0.2, -0.15) is 0 Å². The molecular formula is C69H97N7O19. The van der Waals surface area contributed by atoms with Crippen LogP contribution in [0.3, 0.4) is 0 Å². The van der Waals surface area contributed by atoms with Crippen molar-refractivity contribution in [2.45, 2.75) is 265 Å². The number of alkyl carbamates (subject to hydrolysis) is 1. The highest BCUT2D eigenvalue weighted by molar-refractivity contribution is 6.12. The molecule has 0 saturated carbocycles. The van der Waals surface area contributed by atoms with Gasteiger partial charge in [0.1, 0.15) is 55.0 Å². The third kappa shape index (κ3) is 17.0. The van der Waals surface area contributed by atoms with Crippen molar-refractivity contribution < 1.29 is 90.8 Å². The minimum absolute atomic E-state index is 0.00477. The minimum atomic E-state index is -1.10. The number of nitrogens with zero attached hydrogens (tertiary/aromatic N) is 1. The fraction of sp³-hybridized carbons (Fsp3) is 0.710. The number of Topliss-reactive ketones (excluding diaryl/α,β-unsaturated/α-hetero) is 1. The van der Waals surface area contributed by atoms with E-state index in [0.29, 0.717) is 62.6 Å². The van der Waals surface area contributed by atoms with Crippen LogP contribution in [0.2, 0.25) is 0 Å². The van der Waals surface area contributed by atoms with Gasteiger partial charge < -0.3 is 84.8 Å². The van der Waals surface area contributed by atoms with Gasteiger partial charge in [0.05, 0.1) is 67.1 Å². The molecule has 0 radical (unpaired) electrons. The highest BCUT2D eigenvalue weighted by Gasteiger charge is 2.69. The third-order valence-corrected chi connectivity index (χ3v) is 20.8. The van der Waals surface area contributed by atoms with E-state index in [9.17, 15) is 43.5 Å². The Morgan fingerprint density at radius 3 is 2.23 bits per heavy atom. The number of primary amides is 1. The second kappa shape index (κ2) is 31.1. The van der Waals surface area contributed by atoms with E-state index in [4.69, 9.17) is 53.1 Å². The molecule has 26 nitrogen and oxygen atoms in total. The average molecular weight is 1330 g/mol. The second-order valence-corrected chi connectivity index (χ2v) is 28.1. The fourth-order valence-electron chi connectivity index (χ4n) is 15.8. The molecule has 1 spiro atoms. The number of imide groups is 1. The number of ketones is 1. The largest absolute Gasteiger partial charge is 0.445 e. The van der Waals surface area contributed by atoms with Crippen LogP contribution < -0.4 is 32.3 Å². The van der Waals surface area contributed by atoms with Crippen LogP contribution in [0.5, 0.6) is 0 Å². The topological polar surface area (TPSA) is 338 Å². The van der Waals surface area contributed by atoms with E-state index in [0.717, 1.165) is 48.2 Å². The second-order valence-electron chi connectivity index (χ2n) is 28.1. The molecule has 11 aliphatic heterocycles. The van der Waals surface area contributed by atoms with Crippen LogP contribution in [0, 0.1) is 17.8 Å². The third-order valence-electron chi connectivity index (χ3n) is 20.8. The highest BCUT2D eigenvalue weighted by atomic mass is 16.8. The number of anilines is 1. The Bertz CT molecular complexity index is 3000. The summed E-state index contributed by atoms with van der Waals surface area (Å²) in [6, 6.07) is 3.68. The Hall–Kier alpha value is -6.20. The minimum Gasteiger partial charge on any atom is -0.445 e. The lowest BCUT2D eigenvalue weighted by atomic mass is 9.81. The molecule has 11 aliphatic rings. The summed E-state index contributed by atoms with van der Waals surface area (Å²) in [5, 5.41) is 25.0. The molecule has 26 heteroatoms. The van der Waals surface area contributed by atoms with Crippen LogP contribution in [-0.2, 0) is 82.7 Å². The van der Waals surface area contributed by atoms with Gasteiger partial charge in [0, 0.05) is 95.4 Å². The molecule has 1 aromatic carbocycles. The van der Waals surface area contributed by atoms with Crippen LogP contribution in [0.25, 0.3) is 0 Å². The number of ether oxygens (including phenoxy) is 10. The lowest BCUT2D eigenvalue weighted by Crippen LogP contribution is -2.61. The number of hydrogen-bond acceptors (Lipinski definition) is 19. The number of unbranched alkanes of at least 4 members (excludes halogenated alkanes) is 2. The average Bonchev–Trinajstić information content (AvgIpc) is 1.55. The molecule has 12 rings (SSSR count). The molecule has 1 aromatic rings. The Morgan fingerprint density at radius 2 is 1.47 bits per heavy atom. The molecule has 8 N–H and O–H groups in total. The molecule has 0 aliphatic carbocycles. The number of urea groups is 1. The SMILES string of the molecule is C=C1C[C@@H]2CC[C@@]34C[C@H]5O[C@H]6[C@@H](O3)[C@H]3O[C@H](CC[C@@H]3O[C@H]6[C@H]5O4)CC(=O)C[C@@H]3[C@@H](OC)[C@@H](C[C@H](O)CNC(=O)OCc4ccc(NC(=O)[C@H](CCCNC(N)=O)NC(=O)[C@@H](NC(=O)CCCCCN5C(=O)C=CC5=O)C(C)C)cc4)O[C@H]3C[C@H]3O[C@@H](CC[C@@H]1O2)C[C@@H](C)C3=C. The van der Waals surface area contributed by atoms with Gasteiger partial charge in [0.15, 0.2) is 5.79 Å². The van der Waals surface area contributed by atoms with E-state index in [2.05, 4.69) is 46.7 Å². The van der Waals surface area contributed by atoms with Crippen molar-refractivity contribution >= 4 is 53.1 Å². The number of nitrogens with one attached hydrogen (secondary N) is 5. The maximum Gasteiger partial charge on any atom is 0.407 e. The number of carbonyl (C=O) groups excluding carboxylic acids is 8. The van der Waals surface area contributed by atoms with Crippen molar-refractivity contribution in [1.82, 2.24) is 26.2 Å². The first-order chi connectivity index (χ1) is 45.6. The monoisotopic (exact) mass is 1330 g/mol. The number of aliphatic hydroxyl groups excluding tert-OH is 1. The Balaban J connectivity index is 0.674. The number of aliphatic hydroxyl groups is 1. The number of benzene rings is 1. The van der Waals surface area contributed by atoms with Gasteiger partial charge in [-0.25, -0.2) is 9.59 Å². The first-order valence-electron chi connectivity index (χ1n) is 34.4. The van der Waals surface area contributed by atoms with Crippen molar-refractivity contribution in [1.29, 1.82) is 0 Å². The molecule has 0 unspecified atom stereocenters. The van der Waals surface area contributed by atoms with E-state index < -0.39 is 84.4 Å². The summed E-state index contributed by atoms with van der Waals surface area (Å²) >= 11 is 0. The molecule has 12 bridgehead atoms. The predicted octanol–water partition coefficient (Wildman–Crippen LogP) is 4.90. The van der Waals surface area contributed by atoms with Crippen molar-refractivity contribution in [2.75, 3.05) is 32.1 Å². The van der Waals surface area contributed by atoms with Gasteiger partial charge in [-0.1, -0.05) is 52.5 Å². The summed E-state index contributed by atoms with van der Waals surface area (Å²) in [7, 11) is 1.58. The van der Waals surface area contributed by atoms with Gasteiger partial charge in [-0.05, 0) is 111 Å². The highest BCUT2D eigenvalue weighted by Crippen LogP contribution is 2.54. The van der Waals surface area contributed by atoms with E-state index in [1.807, 2.05) is 0 Å². The van der Waals surface area contributed by atoms with Crippen molar-refractivity contribution in [3.05, 3.63) is 66.3 Å². The zero-order valence-corrected chi connectivity index (χ0v) is 55.1. The first kappa shape index (κ1) is 70.1. The number of methoxy groups -OCH3 is 1. The van der Waals surface area contributed by atoms with Crippen molar-refractivity contribution in [3.63, 3.8) is 0 Å². The van der Waals surface area contributed by atoms with Crippen molar-refractivity contribution in [2.24, 2.45) is 23.5 Å². The summed E-state index contributed by atoms with van der Waals surface area (Å²) in [6.07, 6.45) is 4.97. The van der Waals surface area contributed by atoms with Crippen LogP contribution in [-0.4, -0.2) is 200 Å². The van der Waals surface area contributed by atoms with E-state index in [1.54, 1.807) is 45.2 Å². The first-order valence-corrected chi connectivity index (χ1v) is 34.4. The summed E-state index contributed by atoms with van der Waals surface area (Å²) in [5.41, 5.74) is 8.23. The Morgan fingerprint density at radius 1 is 0.747 bits per heavy atom. The quantitative estimate of drug-likeness (QED) is 0.0435. The Kier molecular flexibility index (Phi) is 23.0. The maximum atomic E-state index is 14.5. The van der Waals surface area contributed by atoms with Gasteiger partial charge in [0.2, 0.25) is 17.7 Å². The van der Waals surface area contributed by atoms with Crippen LogP contribution >= 0.6 is 0 Å². The number of hydrogen-bond donors (Lipinski definition) is 7. The summed E-state index contributed by atoms with van der Waals surface area (Å²) in [6.45, 7) is 14.7. The zero-order chi connectivity index (χ0) is 67.2. The number of nitrogens with two attached hydrogens (primary N) is 1. The van der Waals surface area contributed by atoms with E-state index in [1.165, 1.54) is 12.2 Å².